The molecule has 1 aliphatic carbocycles. The summed E-state index contributed by atoms with van der Waals surface area (Å²) in [6, 6.07) is 0. The maximum Gasteiger partial charge on any atom is 0.167 e. The van der Waals surface area contributed by atoms with Crippen LogP contribution in [0.2, 0.25) is 0 Å². The third kappa shape index (κ3) is 1.69. The van der Waals surface area contributed by atoms with Crippen molar-refractivity contribution in [2.45, 2.75) is 26.2 Å². The molecule has 2 nitrogen and oxygen atoms in total. The molecule has 0 unspecified atom stereocenters. The van der Waals surface area contributed by atoms with Gasteiger partial charge in [-0.15, -0.1) is 0 Å². The molecule has 0 heterocycles. The van der Waals surface area contributed by atoms with Crippen LogP contribution in [0.4, 0.5) is 0 Å². The number of carbonyl (C=O) groups is 2. The predicted octanol–water partition coefficient (Wildman–Crippen LogP) is 1.82. The molecule has 0 aromatic heterocycles. The van der Waals surface area contributed by atoms with Crippen LogP contribution in [0.25, 0.3) is 0 Å². The average molecular weight is 173 g/mol. The van der Waals surface area contributed by atoms with Gasteiger partial charge < -0.3 is 0 Å². The van der Waals surface area contributed by atoms with Gasteiger partial charge in [0.15, 0.2) is 11.6 Å². The number of ketones is 2. The average Bonchev–Trinajstić information content (AvgIpc) is 1.85. The highest BCUT2D eigenvalue weighted by atomic mass is 35.5. The number of carbonyl (C=O) groups excluding carboxylic acids is 2. The number of Topliss-reactive ketones (excluding diaryl/α,β-unsaturated/α-hetero) is 2. The van der Waals surface area contributed by atoms with Crippen LogP contribution in [0.3, 0.4) is 0 Å². The lowest BCUT2D eigenvalue weighted by Crippen LogP contribution is -2.15. The lowest BCUT2D eigenvalue weighted by molar-refractivity contribution is -0.120. The highest BCUT2D eigenvalue weighted by Gasteiger charge is 2.22. The molecule has 0 spiro atoms. The third-order valence-electron chi connectivity index (χ3n) is 1.70. The summed E-state index contributed by atoms with van der Waals surface area (Å²) < 4.78 is 0. The summed E-state index contributed by atoms with van der Waals surface area (Å²) in [5, 5.41) is 0.439. The molecule has 3 heteroatoms. The third-order valence-corrected chi connectivity index (χ3v) is 2.08. The van der Waals surface area contributed by atoms with E-state index in [0.717, 1.165) is 6.42 Å². The molecule has 0 radical (unpaired) electrons. The Morgan fingerprint density at radius 1 is 1.45 bits per heavy atom. The van der Waals surface area contributed by atoms with E-state index in [4.69, 9.17) is 11.6 Å². The van der Waals surface area contributed by atoms with Gasteiger partial charge in [-0.25, -0.2) is 0 Å². The minimum atomic E-state index is -0.209. The van der Waals surface area contributed by atoms with E-state index in [1.807, 2.05) is 0 Å². The highest BCUT2D eigenvalue weighted by molar-refractivity contribution is 6.37. The van der Waals surface area contributed by atoms with Crippen molar-refractivity contribution in [3.8, 4) is 0 Å². The van der Waals surface area contributed by atoms with Crippen LogP contribution in [-0.2, 0) is 9.59 Å². The standard InChI is InChI=1S/C8H9ClO2/c1-5(10)8-6(9)3-2-4-7(8)11/h2-4H2,1H3. The second-order valence-corrected chi connectivity index (χ2v) is 3.07. The lowest BCUT2D eigenvalue weighted by atomic mass is 9.95. The molecule has 0 fully saturated rings. The smallest absolute Gasteiger partial charge is 0.167 e. The van der Waals surface area contributed by atoms with Gasteiger partial charge in [0.2, 0.25) is 0 Å². The zero-order valence-electron chi connectivity index (χ0n) is 6.32. The van der Waals surface area contributed by atoms with Crippen molar-refractivity contribution in [2.24, 2.45) is 0 Å². The van der Waals surface area contributed by atoms with E-state index in [1.165, 1.54) is 6.92 Å². The zero-order valence-corrected chi connectivity index (χ0v) is 7.07. The van der Waals surface area contributed by atoms with Crippen molar-refractivity contribution in [3.63, 3.8) is 0 Å². The monoisotopic (exact) mass is 172 g/mol. The number of rotatable bonds is 1. The summed E-state index contributed by atoms with van der Waals surface area (Å²) in [6.45, 7) is 1.38. The molecule has 0 aromatic rings. The van der Waals surface area contributed by atoms with Crippen molar-refractivity contribution < 1.29 is 9.59 Å². The molecular formula is C8H9ClO2. The number of hydrogen-bond donors (Lipinski definition) is 0. The molecule has 11 heavy (non-hydrogen) atoms. The van der Waals surface area contributed by atoms with Gasteiger partial charge in [0.25, 0.3) is 0 Å². The maximum absolute atomic E-state index is 11.1. The summed E-state index contributed by atoms with van der Waals surface area (Å²) in [5.41, 5.74) is 0.220. The topological polar surface area (TPSA) is 34.1 Å². The van der Waals surface area contributed by atoms with Crippen LogP contribution in [0.1, 0.15) is 26.2 Å². The molecule has 0 saturated heterocycles. The Bertz CT molecular complexity index is 240. The Morgan fingerprint density at radius 3 is 2.45 bits per heavy atom. The normalized spacial score (nSPS) is 18.9. The van der Waals surface area contributed by atoms with E-state index in [9.17, 15) is 9.59 Å². The number of allylic oxidation sites excluding steroid dienone is 2. The quantitative estimate of drug-likeness (QED) is 0.566. The first-order chi connectivity index (χ1) is 5.13. The Morgan fingerprint density at radius 2 is 2.09 bits per heavy atom. The summed E-state index contributed by atoms with van der Waals surface area (Å²) in [6.07, 6.45) is 1.90. The van der Waals surface area contributed by atoms with Crippen LogP contribution in [0.15, 0.2) is 10.6 Å². The fourth-order valence-electron chi connectivity index (χ4n) is 1.19. The van der Waals surface area contributed by atoms with Crippen LogP contribution in [-0.4, -0.2) is 11.6 Å². The SMILES string of the molecule is CC(=O)C1=C(Cl)CCCC1=O. The van der Waals surface area contributed by atoms with Crippen molar-refractivity contribution >= 4 is 23.2 Å². The van der Waals surface area contributed by atoms with Crippen LogP contribution >= 0.6 is 11.6 Å². The zero-order chi connectivity index (χ0) is 8.43. The van der Waals surface area contributed by atoms with E-state index in [0.29, 0.717) is 17.9 Å². The summed E-state index contributed by atoms with van der Waals surface area (Å²) in [4.78, 5) is 21.9. The summed E-state index contributed by atoms with van der Waals surface area (Å²) in [7, 11) is 0. The van der Waals surface area contributed by atoms with Gasteiger partial charge in [-0.3, -0.25) is 9.59 Å². The van der Waals surface area contributed by atoms with Gasteiger partial charge in [-0.2, -0.15) is 0 Å². The lowest BCUT2D eigenvalue weighted by Gasteiger charge is -2.11. The summed E-state index contributed by atoms with van der Waals surface area (Å²) in [5.74, 6) is -0.312. The Hall–Kier alpha value is -0.630. The van der Waals surface area contributed by atoms with Gasteiger partial charge in [-0.1, -0.05) is 11.6 Å². The molecule has 0 N–H and O–H groups in total. The fourth-order valence-corrected chi connectivity index (χ4v) is 1.56. The highest BCUT2D eigenvalue weighted by Crippen LogP contribution is 2.25. The van der Waals surface area contributed by atoms with E-state index in [2.05, 4.69) is 0 Å². The second kappa shape index (κ2) is 3.18. The Balaban J connectivity index is 3.01. The van der Waals surface area contributed by atoms with Crippen LogP contribution in [0.5, 0.6) is 0 Å². The van der Waals surface area contributed by atoms with Crippen molar-refractivity contribution in [1.82, 2.24) is 0 Å². The van der Waals surface area contributed by atoms with Crippen molar-refractivity contribution in [1.29, 1.82) is 0 Å². The van der Waals surface area contributed by atoms with Crippen molar-refractivity contribution in [3.05, 3.63) is 10.6 Å². The van der Waals surface area contributed by atoms with Gasteiger partial charge >= 0.3 is 0 Å². The van der Waals surface area contributed by atoms with Crippen LogP contribution in [0, 0.1) is 0 Å². The molecule has 0 saturated carbocycles. The molecule has 0 atom stereocenters. The van der Waals surface area contributed by atoms with Crippen molar-refractivity contribution in [2.75, 3.05) is 0 Å². The molecule has 0 aliphatic heterocycles. The molecule has 1 rings (SSSR count). The second-order valence-electron chi connectivity index (χ2n) is 2.61. The van der Waals surface area contributed by atoms with E-state index < -0.39 is 0 Å². The van der Waals surface area contributed by atoms with Gasteiger partial charge in [-0.05, 0) is 19.8 Å². The fraction of sp³-hybridized carbons (Fsp3) is 0.500. The number of halogens is 1. The summed E-state index contributed by atoms with van der Waals surface area (Å²) >= 11 is 5.71. The minimum Gasteiger partial charge on any atom is -0.294 e. The first kappa shape index (κ1) is 8.47. The van der Waals surface area contributed by atoms with E-state index in [-0.39, 0.29) is 17.1 Å². The van der Waals surface area contributed by atoms with Crippen LogP contribution < -0.4 is 0 Å². The van der Waals surface area contributed by atoms with E-state index in [1.54, 1.807) is 0 Å². The van der Waals surface area contributed by atoms with Gasteiger partial charge in [0.05, 0.1) is 5.57 Å². The molecule has 60 valence electrons. The molecule has 0 amide bonds. The largest absolute Gasteiger partial charge is 0.294 e. The number of hydrogen-bond acceptors (Lipinski definition) is 2. The molecule has 0 aromatic carbocycles. The Labute approximate surface area is 70.2 Å². The van der Waals surface area contributed by atoms with E-state index >= 15 is 0 Å². The molecule has 1 aliphatic rings. The molecule has 0 bridgehead atoms. The maximum atomic E-state index is 11.1. The van der Waals surface area contributed by atoms with Gasteiger partial charge in [0, 0.05) is 11.5 Å². The molecular weight excluding hydrogens is 164 g/mol. The first-order valence-electron chi connectivity index (χ1n) is 3.55. The Kier molecular flexibility index (Phi) is 2.45. The first-order valence-corrected chi connectivity index (χ1v) is 3.93. The minimum absolute atomic E-state index is 0.103. The predicted molar refractivity (Wildman–Crippen MR) is 42.4 cm³/mol. The van der Waals surface area contributed by atoms with Gasteiger partial charge in [0.1, 0.15) is 0 Å².